The van der Waals surface area contributed by atoms with Crippen LogP contribution in [0.3, 0.4) is 0 Å². The van der Waals surface area contributed by atoms with Crippen molar-refractivity contribution >= 4 is 21.6 Å². The van der Waals surface area contributed by atoms with Gasteiger partial charge in [-0.1, -0.05) is 0 Å². The summed E-state index contributed by atoms with van der Waals surface area (Å²) in [5.41, 5.74) is -1.17. The van der Waals surface area contributed by atoms with Crippen LogP contribution in [0.1, 0.15) is 27.2 Å². The fraction of sp³-hybridized carbons (Fsp3) is 0.600. The highest BCUT2D eigenvalue weighted by atomic mass is 32.2. The Kier molecular flexibility index (Phi) is 5.31. The van der Waals surface area contributed by atoms with E-state index in [1.807, 2.05) is 0 Å². The lowest BCUT2D eigenvalue weighted by Gasteiger charge is -2.24. The second kappa shape index (κ2) is 6.95. The summed E-state index contributed by atoms with van der Waals surface area (Å²) in [4.78, 5) is 27.4. The molecule has 0 spiro atoms. The Bertz CT molecular complexity index is 772. The standard InChI is InChI=1S/C15H21N3O6S/c1-15(2,3)24-14(19)17-8-6-11(9-17)10-25(22,23)13-12(18(20)21)5-4-7-16-13/h4-5,7,11H,6,8-10H2,1-3H3/t11-/m0/s1. The summed E-state index contributed by atoms with van der Waals surface area (Å²) in [6, 6.07) is 2.43. The van der Waals surface area contributed by atoms with Crippen molar-refractivity contribution in [2.24, 2.45) is 5.92 Å². The van der Waals surface area contributed by atoms with E-state index in [2.05, 4.69) is 4.98 Å². The highest BCUT2D eigenvalue weighted by Gasteiger charge is 2.35. The van der Waals surface area contributed by atoms with E-state index in [1.54, 1.807) is 20.8 Å². The average molecular weight is 371 g/mol. The Morgan fingerprint density at radius 1 is 1.48 bits per heavy atom. The number of carbonyl (C=O) groups is 1. The van der Waals surface area contributed by atoms with Gasteiger partial charge in [0.25, 0.3) is 0 Å². The topological polar surface area (TPSA) is 120 Å². The molecule has 0 unspecified atom stereocenters. The van der Waals surface area contributed by atoms with Gasteiger partial charge in [0.1, 0.15) is 5.60 Å². The smallest absolute Gasteiger partial charge is 0.410 e. The van der Waals surface area contributed by atoms with Crippen molar-refractivity contribution < 1.29 is 22.9 Å². The molecule has 10 heteroatoms. The average Bonchev–Trinajstić information content (AvgIpc) is 2.93. The van der Waals surface area contributed by atoms with Crippen molar-refractivity contribution in [3.05, 3.63) is 28.4 Å². The van der Waals surface area contributed by atoms with Crippen LogP contribution in [0, 0.1) is 16.0 Å². The number of aromatic nitrogens is 1. The number of likely N-dealkylation sites (tertiary alicyclic amines) is 1. The Hall–Kier alpha value is -2.23. The summed E-state index contributed by atoms with van der Waals surface area (Å²) in [7, 11) is -3.94. The summed E-state index contributed by atoms with van der Waals surface area (Å²) in [5, 5.41) is 10.5. The fourth-order valence-corrected chi connectivity index (χ4v) is 4.34. The predicted octanol–water partition coefficient (Wildman–Crippen LogP) is 2.02. The van der Waals surface area contributed by atoms with Crippen LogP contribution in [0.15, 0.2) is 23.4 Å². The molecule has 0 saturated carbocycles. The first kappa shape index (κ1) is 19.1. The quantitative estimate of drug-likeness (QED) is 0.586. The molecule has 0 radical (unpaired) electrons. The normalized spacial score (nSPS) is 18.2. The van der Waals surface area contributed by atoms with Crippen molar-refractivity contribution in [3.8, 4) is 0 Å². The molecule has 9 nitrogen and oxygen atoms in total. The lowest BCUT2D eigenvalue weighted by atomic mass is 10.2. The number of ether oxygens (including phenoxy) is 1. The molecule has 1 aliphatic heterocycles. The van der Waals surface area contributed by atoms with E-state index in [-0.39, 0.29) is 18.2 Å². The van der Waals surface area contributed by atoms with Crippen molar-refractivity contribution in [2.45, 2.75) is 37.8 Å². The maximum Gasteiger partial charge on any atom is 0.410 e. The SMILES string of the molecule is CC(C)(C)OC(=O)N1CC[C@H](CS(=O)(=O)c2ncccc2[N+](=O)[O-])C1. The number of nitro groups is 1. The fourth-order valence-electron chi connectivity index (χ4n) is 2.61. The minimum Gasteiger partial charge on any atom is -0.444 e. The summed E-state index contributed by atoms with van der Waals surface area (Å²) in [5.74, 6) is -0.622. The lowest BCUT2D eigenvalue weighted by molar-refractivity contribution is -0.388. The van der Waals surface area contributed by atoms with Crippen LogP contribution in [-0.4, -0.2) is 53.8 Å². The first-order chi connectivity index (χ1) is 11.5. The summed E-state index contributed by atoms with van der Waals surface area (Å²) >= 11 is 0. The van der Waals surface area contributed by atoms with E-state index in [1.165, 1.54) is 17.2 Å². The third-order valence-corrected chi connectivity index (χ3v) is 5.45. The molecule has 0 N–H and O–H groups in total. The van der Waals surface area contributed by atoms with Crippen LogP contribution in [0.25, 0.3) is 0 Å². The van der Waals surface area contributed by atoms with E-state index in [0.717, 1.165) is 6.07 Å². The highest BCUT2D eigenvalue weighted by molar-refractivity contribution is 7.91. The molecular weight excluding hydrogens is 350 g/mol. The second-order valence-electron chi connectivity index (χ2n) is 6.95. The van der Waals surface area contributed by atoms with Gasteiger partial charge >= 0.3 is 11.8 Å². The van der Waals surface area contributed by atoms with Gasteiger partial charge in [0.15, 0.2) is 0 Å². The lowest BCUT2D eigenvalue weighted by Crippen LogP contribution is -2.35. The summed E-state index contributed by atoms with van der Waals surface area (Å²) < 4.78 is 30.3. The van der Waals surface area contributed by atoms with E-state index in [4.69, 9.17) is 4.74 Å². The number of nitrogens with zero attached hydrogens (tertiary/aromatic N) is 3. The first-order valence-electron chi connectivity index (χ1n) is 7.80. The molecule has 138 valence electrons. The summed E-state index contributed by atoms with van der Waals surface area (Å²) in [6.45, 7) is 5.88. The molecular formula is C15H21N3O6S. The van der Waals surface area contributed by atoms with Gasteiger partial charge in [-0.15, -0.1) is 0 Å². The molecule has 1 aromatic rings. The third kappa shape index (κ3) is 4.88. The first-order valence-corrected chi connectivity index (χ1v) is 9.45. The van der Waals surface area contributed by atoms with E-state index in [9.17, 15) is 23.3 Å². The van der Waals surface area contributed by atoms with Gasteiger partial charge in [0, 0.05) is 25.4 Å². The number of rotatable bonds is 4. The van der Waals surface area contributed by atoms with Crippen molar-refractivity contribution in [1.29, 1.82) is 0 Å². The van der Waals surface area contributed by atoms with E-state index in [0.29, 0.717) is 13.0 Å². The van der Waals surface area contributed by atoms with E-state index >= 15 is 0 Å². The number of sulfone groups is 1. The van der Waals surface area contributed by atoms with Crippen LogP contribution >= 0.6 is 0 Å². The number of hydrogen-bond donors (Lipinski definition) is 0. The molecule has 2 heterocycles. The molecule has 0 aliphatic carbocycles. The van der Waals surface area contributed by atoms with Gasteiger partial charge in [-0.2, -0.15) is 0 Å². The van der Waals surface area contributed by atoms with Crippen molar-refractivity contribution in [1.82, 2.24) is 9.88 Å². The zero-order chi connectivity index (χ0) is 18.8. The highest BCUT2D eigenvalue weighted by Crippen LogP contribution is 2.26. The molecule has 1 atom stereocenters. The van der Waals surface area contributed by atoms with Gasteiger partial charge in [-0.25, -0.2) is 18.2 Å². The van der Waals surface area contributed by atoms with Crippen LogP contribution in [0.5, 0.6) is 0 Å². The van der Waals surface area contributed by atoms with Crippen molar-refractivity contribution in [2.75, 3.05) is 18.8 Å². The number of carbonyl (C=O) groups excluding carboxylic acids is 1. The maximum absolute atomic E-state index is 12.5. The Labute approximate surface area is 146 Å². The summed E-state index contributed by atoms with van der Waals surface area (Å²) in [6.07, 6.45) is 1.21. The maximum atomic E-state index is 12.5. The largest absolute Gasteiger partial charge is 0.444 e. The minimum absolute atomic E-state index is 0.231. The Balaban J connectivity index is 2.08. The molecule has 0 aromatic carbocycles. The van der Waals surface area contributed by atoms with Crippen LogP contribution in [0.2, 0.25) is 0 Å². The van der Waals surface area contributed by atoms with Gasteiger partial charge in [-0.05, 0) is 39.2 Å². The number of pyridine rings is 1. The van der Waals surface area contributed by atoms with Gasteiger partial charge in [-0.3, -0.25) is 10.1 Å². The molecule has 1 aromatic heterocycles. The molecule has 1 aliphatic rings. The Morgan fingerprint density at radius 3 is 2.76 bits per heavy atom. The van der Waals surface area contributed by atoms with Gasteiger partial charge in [0.05, 0.1) is 10.7 Å². The molecule has 2 rings (SSSR count). The monoisotopic (exact) mass is 371 g/mol. The van der Waals surface area contributed by atoms with Gasteiger partial charge < -0.3 is 9.64 Å². The third-order valence-electron chi connectivity index (χ3n) is 3.64. The van der Waals surface area contributed by atoms with Crippen molar-refractivity contribution in [3.63, 3.8) is 0 Å². The molecule has 1 amide bonds. The zero-order valence-corrected chi connectivity index (χ0v) is 15.2. The molecule has 25 heavy (non-hydrogen) atoms. The molecule has 0 bridgehead atoms. The van der Waals surface area contributed by atoms with E-state index < -0.39 is 37.2 Å². The number of hydrogen-bond acceptors (Lipinski definition) is 7. The van der Waals surface area contributed by atoms with Crippen LogP contribution < -0.4 is 0 Å². The zero-order valence-electron chi connectivity index (χ0n) is 14.3. The Morgan fingerprint density at radius 2 is 2.16 bits per heavy atom. The number of amides is 1. The molecule has 1 fully saturated rings. The predicted molar refractivity (Wildman–Crippen MR) is 88.9 cm³/mol. The molecule has 1 saturated heterocycles. The minimum atomic E-state index is -3.94. The van der Waals surface area contributed by atoms with Crippen LogP contribution in [-0.2, 0) is 14.6 Å². The second-order valence-corrected chi connectivity index (χ2v) is 8.90. The van der Waals surface area contributed by atoms with Gasteiger partial charge in [0.2, 0.25) is 14.9 Å². The van der Waals surface area contributed by atoms with Crippen LogP contribution in [0.4, 0.5) is 10.5 Å².